The molecule has 0 aliphatic carbocycles. The standard InChI is InChI=1S/C12H12ClNO2S/c1-14-6-8(7-17(2)16)12(15)10-5-9(13)3-4-11(10)14/h3-6H,7H2,1-2H3. The summed E-state index contributed by atoms with van der Waals surface area (Å²) in [4.78, 5) is 12.2. The predicted molar refractivity (Wildman–Crippen MR) is 72.0 cm³/mol. The van der Waals surface area contributed by atoms with Crippen molar-refractivity contribution in [2.45, 2.75) is 5.75 Å². The largest absolute Gasteiger partial charge is 0.350 e. The van der Waals surface area contributed by atoms with Gasteiger partial charge in [0.2, 0.25) is 0 Å². The minimum atomic E-state index is -1.03. The Morgan fingerprint density at radius 1 is 1.41 bits per heavy atom. The highest BCUT2D eigenvalue weighted by Crippen LogP contribution is 2.17. The smallest absolute Gasteiger partial charge is 0.193 e. The highest BCUT2D eigenvalue weighted by molar-refractivity contribution is 7.83. The van der Waals surface area contributed by atoms with E-state index in [1.54, 1.807) is 24.6 Å². The minimum Gasteiger partial charge on any atom is -0.350 e. The van der Waals surface area contributed by atoms with Crippen LogP contribution in [0.3, 0.4) is 0 Å². The molecule has 1 heterocycles. The Morgan fingerprint density at radius 3 is 2.76 bits per heavy atom. The van der Waals surface area contributed by atoms with Gasteiger partial charge in [-0.2, -0.15) is 0 Å². The molecule has 0 saturated heterocycles. The Labute approximate surface area is 106 Å². The second kappa shape index (κ2) is 4.63. The van der Waals surface area contributed by atoms with Gasteiger partial charge >= 0.3 is 0 Å². The molecule has 0 amide bonds. The van der Waals surface area contributed by atoms with Crippen molar-refractivity contribution in [2.24, 2.45) is 7.05 Å². The molecular formula is C12H12ClNO2S. The number of rotatable bonds is 2. The van der Waals surface area contributed by atoms with Crippen LogP contribution >= 0.6 is 11.6 Å². The van der Waals surface area contributed by atoms with Crippen molar-refractivity contribution in [2.75, 3.05) is 6.26 Å². The Balaban J connectivity index is 2.78. The van der Waals surface area contributed by atoms with E-state index in [4.69, 9.17) is 11.6 Å². The molecule has 1 aromatic heterocycles. The van der Waals surface area contributed by atoms with Gasteiger partial charge < -0.3 is 4.57 Å². The molecule has 0 spiro atoms. The molecule has 0 aliphatic rings. The molecule has 2 rings (SSSR count). The quantitative estimate of drug-likeness (QED) is 0.837. The first kappa shape index (κ1) is 12.3. The first-order valence-corrected chi connectivity index (χ1v) is 7.17. The topological polar surface area (TPSA) is 39.1 Å². The van der Waals surface area contributed by atoms with E-state index in [2.05, 4.69) is 0 Å². The molecule has 0 N–H and O–H groups in total. The number of pyridine rings is 1. The van der Waals surface area contributed by atoms with Crippen molar-refractivity contribution in [1.82, 2.24) is 4.57 Å². The van der Waals surface area contributed by atoms with Crippen LogP contribution in [0.5, 0.6) is 0 Å². The van der Waals surface area contributed by atoms with Gasteiger partial charge in [0.05, 0.1) is 11.3 Å². The van der Waals surface area contributed by atoms with Gasteiger partial charge in [0.1, 0.15) is 0 Å². The Bertz CT molecular complexity index is 663. The molecule has 0 saturated carbocycles. The number of benzene rings is 1. The van der Waals surface area contributed by atoms with Gasteiger partial charge in [0, 0.05) is 46.3 Å². The van der Waals surface area contributed by atoms with Gasteiger partial charge in [0.15, 0.2) is 5.43 Å². The molecule has 2 aromatic rings. The first-order valence-electron chi connectivity index (χ1n) is 5.07. The van der Waals surface area contributed by atoms with E-state index >= 15 is 0 Å². The third-order valence-corrected chi connectivity index (χ3v) is 3.54. The zero-order valence-electron chi connectivity index (χ0n) is 9.57. The molecule has 0 radical (unpaired) electrons. The van der Waals surface area contributed by atoms with Crippen LogP contribution in [0.1, 0.15) is 5.56 Å². The molecule has 90 valence electrons. The molecule has 0 aliphatic heterocycles. The van der Waals surface area contributed by atoms with Crippen molar-refractivity contribution in [1.29, 1.82) is 0 Å². The second-order valence-corrected chi connectivity index (χ2v) is 5.84. The predicted octanol–water partition coefficient (Wildman–Crippen LogP) is 2.07. The van der Waals surface area contributed by atoms with Crippen LogP contribution in [0, 0.1) is 0 Å². The zero-order chi connectivity index (χ0) is 12.6. The number of hydrogen-bond acceptors (Lipinski definition) is 2. The van der Waals surface area contributed by atoms with Gasteiger partial charge in [-0.25, -0.2) is 0 Å². The number of nitrogens with zero attached hydrogens (tertiary/aromatic N) is 1. The van der Waals surface area contributed by atoms with Gasteiger partial charge in [-0.1, -0.05) is 11.6 Å². The maximum Gasteiger partial charge on any atom is 0.193 e. The van der Waals surface area contributed by atoms with Crippen molar-refractivity contribution < 1.29 is 4.21 Å². The number of aryl methyl sites for hydroxylation is 1. The van der Waals surface area contributed by atoms with E-state index in [1.165, 1.54) is 0 Å². The van der Waals surface area contributed by atoms with E-state index in [1.807, 2.05) is 17.7 Å². The van der Waals surface area contributed by atoms with E-state index in [9.17, 15) is 9.00 Å². The Morgan fingerprint density at radius 2 is 2.12 bits per heavy atom. The van der Waals surface area contributed by atoms with E-state index in [-0.39, 0.29) is 11.2 Å². The lowest BCUT2D eigenvalue weighted by Gasteiger charge is -2.08. The normalized spacial score (nSPS) is 12.9. The maximum absolute atomic E-state index is 12.2. The average Bonchev–Trinajstić information content (AvgIpc) is 2.24. The van der Waals surface area contributed by atoms with Gasteiger partial charge in [0.25, 0.3) is 0 Å². The van der Waals surface area contributed by atoms with Crippen molar-refractivity contribution >= 4 is 33.3 Å². The van der Waals surface area contributed by atoms with E-state index in [0.717, 1.165) is 5.52 Å². The van der Waals surface area contributed by atoms with Crippen LogP contribution in [-0.2, 0) is 23.6 Å². The summed E-state index contributed by atoms with van der Waals surface area (Å²) >= 11 is 5.89. The highest BCUT2D eigenvalue weighted by atomic mass is 35.5. The molecule has 17 heavy (non-hydrogen) atoms. The Hall–Kier alpha value is -1.13. The molecule has 5 heteroatoms. The van der Waals surface area contributed by atoms with Crippen LogP contribution in [0.25, 0.3) is 10.9 Å². The Kier molecular flexibility index (Phi) is 3.35. The monoisotopic (exact) mass is 269 g/mol. The second-order valence-electron chi connectivity index (χ2n) is 3.97. The zero-order valence-corrected chi connectivity index (χ0v) is 11.1. The fourth-order valence-electron chi connectivity index (χ4n) is 1.85. The summed E-state index contributed by atoms with van der Waals surface area (Å²) in [5.41, 5.74) is 1.30. The van der Waals surface area contributed by atoms with Crippen LogP contribution in [-0.4, -0.2) is 15.0 Å². The van der Waals surface area contributed by atoms with E-state index < -0.39 is 10.8 Å². The maximum atomic E-state index is 12.2. The van der Waals surface area contributed by atoms with Crippen molar-refractivity contribution in [3.8, 4) is 0 Å². The van der Waals surface area contributed by atoms with Crippen molar-refractivity contribution in [3.05, 3.63) is 45.2 Å². The van der Waals surface area contributed by atoms with Crippen LogP contribution in [0.2, 0.25) is 5.02 Å². The summed E-state index contributed by atoms with van der Waals surface area (Å²) in [5.74, 6) is 0.273. The molecule has 1 atom stereocenters. The van der Waals surface area contributed by atoms with Crippen LogP contribution < -0.4 is 5.43 Å². The minimum absolute atomic E-state index is 0.0872. The third kappa shape index (κ3) is 2.42. The molecular weight excluding hydrogens is 258 g/mol. The van der Waals surface area contributed by atoms with Gasteiger partial charge in [-0.15, -0.1) is 0 Å². The number of halogens is 1. The van der Waals surface area contributed by atoms with Gasteiger partial charge in [-0.3, -0.25) is 9.00 Å². The molecule has 0 bridgehead atoms. The van der Waals surface area contributed by atoms with E-state index in [0.29, 0.717) is 16.0 Å². The summed E-state index contributed by atoms with van der Waals surface area (Å²) in [5, 5.41) is 1.10. The third-order valence-electron chi connectivity index (χ3n) is 2.58. The molecule has 3 nitrogen and oxygen atoms in total. The summed E-state index contributed by atoms with van der Waals surface area (Å²) < 4.78 is 13.1. The number of hydrogen-bond donors (Lipinski definition) is 0. The summed E-state index contributed by atoms with van der Waals surface area (Å²) in [6.07, 6.45) is 3.32. The fraction of sp³-hybridized carbons (Fsp3) is 0.250. The fourth-order valence-corrected chi connectivity index (χ4v) is 2.67. The summed E-state index contributed by atoms with van der Waals surface area (Å²) in [6, 6.07) is 5.22. The summed E-state index contributed by atoms with van der Waals surface area (Å²) in [7, 11) is 0.829. The molecule has 0 fully saturated rings. The lowest BCUT2D eigenvalue weighted by molar-refractivity contribution is 0.686. The molecule has 1 unspecified atom stereocenters. The van der Waals surface area contributed by atoms with Crippen LogP contribution in [0.15, 0.2) is 29.2 Å². The lowest BCUT2D eigenvalue weighted by Crippen LogP contribution is -2.14. The summed E-state index contributed by atoms with van der Waals surface area (Å²) in [6.45, 7) is 0. The van der Waals surface area contributed by atoms with Crippen LogP contribution in [0.4, 0.5) is 0 Å². The molecule has 1 aromatic carbocycles. The lowest BCUT2D eigenvalue weighted by atomic mass is 10.1. The van der Waals surface area contributed by atoms with Gasteiger partial charge in [-0.05, 0) is 18.2 Å². The SMILES string of the molecule is Cn1cc(CS(C)=O)c(=O)c2cc(Cl)ccc21. The first-order chi connectivity index (χ1) is 7.99. The number of aromatic nitrogens is 1. The van der Waals surface area contributed by atoms with Crippen molar-refractivity contribution in [3.63, 3.8) is 0 Å². The number of fused-ring (bicyclic) bond motifs is 1. The average molecular weight is 270 g/mol. The highest BCUT2D eigenvalue weighted by Gasteiger charge is 2.09.